The second-order valence-electron chi connectivity index (χ2n) is 5.84. The third-order valence-electron chi connectivity index (χ3n) is 4.56. The van der Waals surface area contributed by atoms with Crippen LogP contribution in [-0.4, -0.2) is 68.7 Å². The van der Waals surface area contributed by atoms with Crippen LogP contribution in [0.3, 0.4) is 0 Å². The number of piperazine rings is 1. The molecule has 100 valence electrons. The van der Waals surface area contributed by atoms with Gasteiger partial charge in [0.1, 0.15) is 0 Å². The summed E-state index contributed by atoms with van der Waals surface area (Å²) in [5.41, 5.74) is 5.82. The highest BCUT2D eigenvalue weighted by Gasteiger charge is 2.28. The number of nitrogens with one attached hydrogen (secondary N) is 1. The summed E-state index contributed by atoms with van der Waals surface area (Å²) in [6.07, 6.45) is 3.97. The predicted octanol–water partition coefficient (Wildman–Crippen LogP) is -0.0508. The Morgan fingerprint density at radius 2 is 2.06 bits per heavy atom. The number of rotatable bonds is 4. The van der Waals surface area contributed by atoms with E-state index in [9.17, 15) is 0 Å². The topological polar surface area (TPSA) is 44.5 Å². The van der Waals surface area contributed by atoms with Gasteiger partial charge in [0.15, 0.2) is 0 Å². The summed E-state index contributed by atoms with van der Waals surface area (Å²) in [6, 6.07) is 1.33. The predicted molar refractivity (Wildman–Crippen MR) is 72.1 cm³/mol. The van der Waals surface area contributed by atoms with Crippen molar-refractivity contribution in [1.29, 1.82) is 0 Å². The summed E-state index contributed by atoms with van der Waals surface area (Å²) in [6.45, 7) is 5.53. The SMILES string of the molecule is CN1CCN(C)C(CNC2CCCC2CN)C1. The van der Waals surface area contributed by atoms with E-state index in [1.165, 1.54) is 38.9 Å². The Balaban J connectivity index is 1.76. The number of nitrogens with two attached hydrogens (primary N) is 1. The summed E-state index contributed by atoms with van der Waals surface area (Å²) in [7, 11) is 4.46. The molecular weight excluding hydrogens is 212 g/mol. The summed E-state index contributed by atoms with van der Waals surface area (Å²) < 4.78 is 0. The van der Waals surface area contributed by atoms with E-state index in [4.69, 9.17) is 5.73 Å². The van der Waals surface area contributed by atoms with E-state index >= 15 is 0 Å². The largest absolute Gasteiger partial charge is 0.330 e. The Morgan fingerprint density at radius 3 is 2.82 bits per heavy atom. The highest BCUT2D eigenvalue weighted by atomic mass is 15.3. The van der Waals surface area contributed by atoms with Gasteiger partial charge in [-0.05, 0) is 39.4 Å². The molecule has 0 aromatic carbocycles. The molecular formula is C13H28N4. The Bertz CT molecular complexity index is 233. The van der Waals surface area contributed by atoms with E-state index in [1.54, 1.807) is 0 Å². The van der Waals surface area contributed by atoms with Gasteiger partial charge in [0.2, 0.25) is 0 Å². The Labute approximate surface area is 106 Å². The molecule has 0 amide bonds. The second-order valence-corrected chi connectivity index (χ2v) is 5.84. The van der Waals surface area contributed by atoms with Gasteiger partial charge < -0.3 is 16.0 Å². The van der Waals surface area contributed by atoms with Gasteiger partial charge in [-0.1, -0.05) is 6.42 Å². The smallest absolute Gasteiger partial charge is 0.0345 e. The van der Waals surface area contributed by atoms with Crippen molar-refractivity contribution in [2.45, 2.75) is 31.3 Å². The summed E-state index contributed by atoms with van der Waals surface area (Å²) >= 11 is 0. The van der Waals surface area contributed by atoms with E-state index in [1.807, 2.05) is 0 Å². The van der Waals surface area contributed by atoms with Crippen molar-refractivity contribution in [3.05, 3.63) is 0 Å². The van der Waals surface area contributed by atoms with Crippen LogP contribution in [0.4, 0.5) is 0 Å². The fourth-order valence-electron chi connectivity index (χ4n) is 3.20. The maximum absolute atomic E-state index is 5.82. The first-order valence-electron chi connectivity index (χ1n) is 7.03. The summed E-state index contributed by atoms with van der Waals surface area (Å²) in [4.78, 5) is 4.92. The standard InChI is InChI=1S/C13H28N4/c1-16-6-7-17(2)12(10-16)9-15-13-5-3-4-11(13)8-14/h11-13,15H,3-10,14H2,1-2H3. The van der Waals surface area contributed by atoms with Crippen molar-refractivity contribution >= 4 is 0 Å². The summed E-state index contributed by atoms with van der Waals surface area (Å²) in [5, 5.41) is 3.75. The minimum absolute atomic E-state index is 0.660. The molecule has 3 atom stereocenters. The fourth-order valence-corrected chi connectivity index (χ4v) is 3.20. The minimum atomic E-state index is 0.660. The van der Waals surface area contributed by atoms with Crippen LogP contribution < -0.4 is 11.1 Å². The van der Waals surface area contributed by atoms with Gasteiger partial charge in [-0.3, -0.25) is 4.90 Å². The maximum atomic E-state index is 5.82. The fraction of sp³-hybridized carbons (Fsp3) is 1.00. The zero-order chi connectivity index (χ0) is 12.3. The molecule has 0 radical (unpaired) electrons. The highest BCUT2D eigenvalue weighted by Crippen LogP contribution is 2.24. The molecule has 2 fully saturated rings. The first-order valence-corrected chi connectivity index (χ1v) is 7.03. The molecule has 4 nitrogen and oxygen atoms in total. The Hall–Kier alpha value is -0.160. The second kappa shape index (κ2) is 6.14. The van der Waals surface area contributed by atoms with Gasteiger partial charge in [0.25, 0.3) is 0 Å². The molecule has 1 saturated carbocycles. The molecule has 4 heteroatoms. The molecule has 1 aliphatic heterocycles. The van der Waals surface area contributed by atoms with Crippen molar-refractivity contribution < 1.29 is 0 Å². The Morgan fingerprint density at radius 1 is 1.24 bits per heavy atom. The molecule has 1 saturated heterocycles. The van der Waals surface area contributed by atoms with Crippen LogP contribution in [0.25, 0.3) is 0 Å². The molecule has 0 aromatic rings. The third kappa shape index (κ3) is 3.41. The van der Waals surface area contributed by atoms with Crippen molar-refractivity contribution in [3.63, 3.8) is 0 Å². The molecule has 3 unspecified atom stereocenters. The van der Waals surface area contributed by atoms with Crippen molar-refractivity contribution in [2.75, 3.05) is 46.8 Å². The maximum Gasteiger partial charge on any atom is 0.0345 e. The number of likely N-dealkylation sites (N-methyl/N-ethyl adjacent to an activating group) is 2. The van der Waals surface area contributed by atoms with Gasteiger partial charge in [-0.25, -0.2) is 0 Å². The van der Waals surface area contributed by atoms with Gasteiger partial charge in [-0.2, -0.15) is 0 Å². The van der Waals surface area contributed by atoms with Crippen molar-refractivity contribution in [1.82, 2.24) is 15.1 Å². The molecule has 1 heterocycles. The van der Waals surface area contributed by atoms with Crippen molar-refractivity contribution in [3.8, 4) is 0 Å². The van der Waals surface area contributed by atoms with Gasteiger partial charge in [0.05, 0.1) is 0 Å². The normalized spacial score (nSPS) is 36.5. The van der Waals surface area contributed by atoms with Crippen LogP contribution in [0.5, 0.6) is 0 Å². The Kier molecular flexibility index (Phi) is 4.79. The van der Waals surface area contributed by atoms with Crippen molar-refractivity contribution in [2.24, 2.45) is 11.7 Å². The molecule has 0 bridgehead atoms. The van der Waals surface area contributed by atoms with Crippen LogP contribution in [0.2, 0.25) is 0 Å². The quantitative estimate of drug-likeness (QED) is 0.723. The van der Waals surface area contributed by atoms with Crippen LogP contribution in [0, 0.1) is 5.92 Å². The monoisotopic (exact) mass is 240 g/mol. The molecule has 1 aliphatic carbocycles. The molecule has 3 N–H and O–H groups in total. The van der Waals surface area contributed by atoms with E-state index in [0.717, 1.165) is 13.1 Å². The zero-order valence-electron chi connectivity index (χ0n) is 11.4. The first-order chi connectivity index (χ1) is 8.20. The van der Waals surface area contributed by atoms with Crippen LogP contribution in [0.15, 0.2) is 0 Å². The van der Waals surface area contributed by atoms with E-state index < -0.39 is 0 Å². The summed E-state index contributed by atoms with van der Waals surface area (Å²) in [5.74, 6) is 0.710. The molecule has 0 spiro atoms. The van der Waals surface area contributed by atoms with Gasteiger partial charge in [-0.15, -0.1) is 0 Å². The van der Waals surface area contributed by atoms with E-state index in [2.05, 4.69) is 29.2 Å². The highest BCUT2D eigenvalue weighted by molar-refractivity contribution is 4.87. The van der Waals surface area contributed by atoms with Crippen LogP contribution in [0.1, 0.15) is 19.3 Å². The first kappa shape index (κ1) is 13.3. The molecule has 0 aromatic heterocycles. The average molecular weight is 240 g/mol. The van der Waals surface area contributed by atoms with Crippen LogP contribution >= 0.6 is 0 Å². The van der Waals surface area contributed by atoms with E-state index in [0.29, 0.717) is 18.0 Å². The number of nitrogens with zero attached hydrogens (tertiary/aromatic N) is 2. The third-order valence-corrected chi connectivity index (χ3v) is 4.56. The lowest BCUT2D eigenvalue weighted by molar-refractivity contribution is 0.110. The average Bonchev–Trinajstić information content (AvgIpc) is 2.77. The minimum Gasteiger partial charge on any atom is -0.330 e. The zero-order valence-corrected chi connectivity index (χ0v) is 11.4. The van der Waals surface area contributed by atoms with Crippen LogP contribution in [-0.2, 0) is 0 Å². The number of hydrogen-bond acceptors (Lipinski definition) is 4. The molecule has 2 rings (SSSR count). The van der Waals surface area contributed by atoms with E-state index in [-0.39, 0.29) is 0 Å². The lowest BCUT2D eigenvalue weighted by Crippen LogP contribution is -2.55. The van der Waals surface area contributed by atoms with Gasteiger partial charge in [0, 0.05) is 38.3 Å². The molecule has 17 heavy (non-hydrogen) atoms. The lowest BCUT2D eigenvalue weighted by atomic mass is 10.0. The van der Waals surface area contributed by atoms with Gasteiger partial charge >= 0.3 is 0 Å². The molecule has 2 aliphatic rings. The lowest BCUT2D eigenvalue weighted by Gasteiger charge is -2.38. The number of hydrogen-bond donors (Lipinski definition) is 2.